The summed E-state index contributed by atoms with van der Waals surface area (Å²) in [7, 11) is 0. The lowest BCUT2D eigenvalue weighted by Crippen LogP contribution is -2.32. The Kier molecular flexibility index (Phi) is 3.39. The van der Waals surface area contributed by atoms with Crippen LogP contribution in [0.3, 0.4) is 0 Å². The molecule has 0 saturated carbocycles. The van der Waals surface area contributed by atoms with E-state index in [1.165, 1.54) is 18.4 Å². The minimum absolute atomic E-state index is 0.254. The maximum atomic E-state index is 5.98. The van der Waals surface area contributed by atoms with Gasteiger partial charge in [0.1, 0.15) is 13.2 Å². The maximum absolute atomic E-state index is 5.98. The molecule has 1 aromatic rings. The fourth-order valence-electron chi connectivity index (χ4n) is 2.88. The second kappa shape index (κ2) is 5.16. The molecule has 2 aliphatic heterocycles. The van der Waals surface area contributed by atoms with Crippen molar-refractivity contribution in [3.8, 4) is 11.5 Å². The van der Waals surface area contributed by atoms with E-state index < -0.39 is 0 Å². The molecule has 18 heavy (non-hydrogen) atoms. The largest absolute Gasteiger partial charge is 0.486 e. The SMILES string of the molecule is NCC(c1cccc2c1OCCO2)N1CCCC1. The predicted octanol–water partition coefficient (Wildman–Crippen LogP) is 1.55. The molecule has 2 heterocycles. The molecule has 4 nitrogen and oxygen atoms in total. The summed E-state index contributed by atoms with van der Waals surface area (Å²) in [5.41, 5.74) is 7.16. The van der Waals surface area contributed by atoms with Crippen molar-refractivity contribution < 1.29 is 9.47 Å². The van der Waals surface area contributed by atoms with Crippen LogP contribution in [-0.4, -0.2) is 37.7 Å². The Morgan fingerprint density at radius 1 is 1.17 bits per heavy atom. The van der Waals surface area contributed by atoms with Crippen LogP contribution in [0.4, 0.5) is 0 Å². The molecule has 1 unspecified atom stereocenters. The topological polar surface area (TPSA) is 47.7 Å². The van der Waals surface area contributed by atoms with Crippen molar-refractivity contribution in [3.63, 3.8) is 0 Å². The molecule has 0 spiro atoms. The second-order valence-corrected chi connectivity index (χ2v) is 4.87. The van der Waals surface area contributed by atoms with E-state index in [1.54, 1.807) is 0 Å². The van der Waals surface area contributed by atoms with Crippen molar-refractivity contribution in [2.24, 2.45) is 5.73 Å². The third-order valence-corrected chi connectivity index (χ3v) is 3.76. The summed E-state index contributed by atoms with van der Waals surface area (Å²) >= 11 is 0. The molecule has 0 bridgehead atoms. The highest BCUT2D eigenvalue weighted by Gasteiger charge is 2.27. The Balaban J connectivity index is 1.93. The Bertz CT molecular complexity index is 416. The molecule has 98 valence electrons. The lowest BCUT2D eigenvalue weighted by atomic mass is 10.0. The molecule has 0 aliphatic carbocycles. The molecule has 1 fully saturated rings. The third-order valence-electron chi connectivity index (χ3n) is 3.76. The highest BCUT2D eigenvalue weighted by molar-refractivity contribution is 5.49. The Labute approximate surface area is 108 Å². The fraction of sp³-hybridized carbons (Fsp3) is 0.571. The van der Waals surface area contributed by atoms with Crippen molar-refractivity contribution in [2.45, 2.75) is 18.9 Å². The number of likely N-dealkylation sites (tertiary alicyclic amines) is 1. The summed E-state index contributed by atoms with van der Waals surface area (Å²) in [6.07, 6.45) is 2.53. The highest BCUT2D eigenvalue weighted by atomic mass is 16.6. The number of nitrogens with two attached hydrogens (primary N) is 1. The summed E-state index contributed by atoms with van der Waals surface area (Å²) in [4.78, 5) is 2.45. The monoisotopic (exact) mass is 248 g/mol. The fourth-order valence-corrected chi connectivity index (χ4v) is 2.88. The molecule has 1 atom stereocenters. The van der Waals surface area contributed by atoms with Gasteiger partial charge in [0.25, 0.3) is 0 Å². The van der Waals surface area contributed by atoms with E-state index in [2.05, 4.69) is 11.0 Å². The third kappa shape index (κ3) is 2.06. The van der Waals surface area contributed by atoms with E-state index in [-0.39, 0.29) is 6.04 Å². The van der Waals surface area contributed by atoms with Gasteiger partial charge in [0, 0.05) is 12.1 Å². The number of para-hydroxylation sites is 1. The van der Waals surface area contributed by atoms with Crippen molar-refractivity contribution in [1.82, 2.24) is 4.90 Å². The van der Waals surface area contributed by atoms with Crippen LogP contribution in [0.1, 0.15) is 24.4 Å². The van der Waals surface area contributed by atoms with Crippen LogP contribution in [0.25, 0.3) is 0 Å². The van der Waals surface area contributed by atoms with E-state index in [0.717, 1.165) is 24.6 Å². The van der Waals surface area contributed by atoms with Gasteiger partial charge in [-0.2, -0.15) is 0 Å². The first-order chi connectivity index (χ1) is 8.90. The lowest BCUT2D eigenvalue weighted by molar-refractivity contribution is 0.163. The number of fused-ring (bicyclic) bond motifs is 1. The zero-order chi connectivity index (χ0) is 12.4. The summed E-state index contributed by atoms with van der Waals surface area (Å²) in [6, 6.07) is 6.37. The van der Waals surface area contributed by atoms with Gasteiger partial charge in [-0.15, -0.1) is 0 Å². The Morgan fingerprint density at radius 2 is 1.94 bits per heavy atom. The standard InChI is InChI=1S/C14H20N2O2/c15-10-12(16-6-1-2-7-16)11-4-3-5-13-14(11)18-9-8-17-13/h3-5,12H,1-2,6-10,15H2. The molecule has 0 amide bonds. The first kappa shape index (κ1) is 11.8. The van der Waals surface area contributed by atoms with Crippen LogP contribution in [0.15, 0.2) is 18.2 Å². The van der Waals surface area contributed by atoms with E-state index in [4.69, 9.17) is 15.2 Å². The number of benzene rings is 1. The van der Waals surface area contributed by atoms with Gasteiger partial charge in [0.2, 0.25) is 0 Å². The summed E-state index contributed by atoms with van der Waals surface area (Å²) in [5.74, 6) is 1.75. The molecule has 0 radical (unpaired) electrons. The number of ether oxygens (including phenoxy) is 2. The average molecular weight is 248 g/mol. The number of rotatable bonds is 3. The molecular formula is C14H20N2O2. The molecule has 4 heteroatoms. The van der Waals surface area contributed by atoms with E-state index in [0.29, 0.717) is 19.8 Å². The van der Waals surface area contributed by atoms with Gasteiger partial charge in [0.15, 0.2) is 11.5 Å². The first-order valence-electron chi connectivity index (χ1n) is 6.73. The van der Waals surface area contributed by atoms with Crippen LogP contribution in [0.5, 0.6) is 11.5 Å². The normalized spacial score (nSPS) is 20.9. The summed E-state index contributed by atoms with van der Waals surface area (Å²) in [5, 5.41) is 0. The first-order valence-corrected chi connectivity index (χ1v) is 6.73. The zero-order valence-electron chi connectivity index (χ0n) is 10.6. The predicted molar refractivity (Wildman–Crippen MR) is 70.0 cm³/mol. The maximum Gasteiger partial charge on any atom is 0.166 e. The molecular weight excluding hydrogens is 228 g/mol. The smallest absolute Gasteiger partial charge is 0.166 e. The molecule has 1 saturated heterocycles. The summed E-state index contributed by atoms with van der Waals surface area (Å²) in [6.45, 7) is 4.15. The molecule has 2 aliphatic rings. The van der Waals surface area contributed by atoms with Crippen LogP contribution in [0, 0.1) is 0 Å². The molecule has 1 aromatic carbocycles. The molecule has 3 rings (SSSR count). The van der Waals surface area contributed by atoms with Gasteiger partial charge in [-0.25, -0.2) is 0 Å². The van der Waals surface area contributed by atoms with Gasteiger partial charge in [0.05, 0.1) is 6.04 Å². The number of hydrogen-bond donors (Lipinski definition) is 1. The van der Waals surface area contributed by atoms with E-state index in [1.807, 2.05) is 12.1 Å². The Hall–Kier alpha value is -1.26. The van der Waals surface area contributed by atoms with E-state index in [9.17, 15) is 0 Å². The van der Waals surface area contributed by atoms with Gasteiger partial charge in [-0.05, 0) is 32.0 Å². The minimum Gasteiger partial charge on any atom is -0.486 e. The second-order valence-electron chi connectivity index (χ2n) is 4.87. The van der Waals surface area contributed by atoms with Crippen LogP contribution >= 0.6 is 0 Å². The van der Waals surface area contributed by atoms with Gasteiger partial charge < -0.3 is 15.2 Å². The van der Waals surface area contributed by atoms with Gasteiger partial charge in [-0.1, -0.05) is 12.1 Å². The zero-order valence-corrected chi connectivity index (χ0v) is 10.6. The highest BCUT2D eigenvalue weighted by Crippen LogP contribution is 2.39. The average Bonchev–Trinajstić information content (AvgIpc) is 2.94. The molecule has 2 N–H and O–H groups in total. The van der Waals surface area contributed by atoms with E-state index >= 15 is 0 Å². The quantitative estimate of drug-likeness (QED) is 0.881. The van der Waals surface area contributed by atoms with Gasteiger partial charge in [-0.3, -0.25) is 4.90 Å². The molecule has 0 aromatic heterocycles. The number of hydrogen-bond acceptors (Lipinski definition) is 4. The van der Waals surface area contributed by atoms with Crippen molar-refractivity contribution in [1.29, 1.82) is 0 Å². The van der Waals surface area contributed by atoms with Crippen LogP contribution < -0.4 is 15.2 Å². The number of nitrogens with zero attached hydrogens (tertiary/aromatic N) is 1. The van der Waals surface area contributed by atoms with Crippen LogP contribution in [-0.2, 0) is 0 Å². The van der Waals surface area contributed by atoms with Crippen molar-refractivity contribution in [2.75, 3.05) is 32.8 Å². The van der Waals surface area contributed by atoms with Gasteiger partial charge >= 0.3 is 0 Å². The van der Waals surface area contributed by atoms with Crippen molar-refractivity contribution >= 4 is 0 Å². The Morgan fingerprint density at radius 3 is 2.72 bits per heavy atom. The lowest BCUT2D eigenvalue weighted by Gasteiger charge is -2.30. The van der Waals surface area contributed by atoms with Crippen molar-refractivity contribution in [3.05, 3.63) is 23.8 Å². The minimum atomic E-state index is 0.254. The summed E-state index contributed by atoms with van der Waals surface area (Å²) < 4.78 is 11.4. The van der Waals surface area contributed by atoms with Crippen LogP contribution in [0.2, 0.25) is 0 Å².